The van der Waals surface area contributed by atoms with E-state index in [1.54, 1.807) is 31.2 Å². The molecule has 0 spiro atoms. The summed E-state index contributed by atoms with van der Waals surface area (Å²) in [6.45, 7) is 2.72. The Balaban J connectivity index is 1.53. The van der Waals surface area contributed by atoms with Crippen molar-refractivity contribution in [1.29, 1.82) is 0 Å². The Morgan fingerprint density at radius 3 is 2.59 bits per heavy atom. The molecule has 1 aromatic carbocycles. The molecule has 1 aliphatic carbocycles. The smallest absolute Gasteiger partial charge is 0.338 e. The fourth-order valence-electron chi connectivity index (χ4n) is 3.47. The van der Waals surface area contributed by atoms with Gasteiger partial charge in [0.1, 0.15) is 5.69 Å². The number of aromatic nitrogens is 2. The van der Waals surface area contributed by atoms with Crippen molar-refractivity contribution in [2.24, 2.45) is 0 Å². The molecule has 0 radical (unpaired) electrons. The maximum atomic E-state index is 12.9. The van der Waals surface area contributed by atoms with Gasteiger partial charge in [0.2, 0.25) is 0 Å². The number of hydrogen-bond donors (Lipinski definition) is 2. The molecule has 2 N–H and O–H groups in total. The average Bonchev–Trinajstić information content (AvgIpc) is 3.45. The zero-order chi connectivity index (χ0) is 20.4. The number of anilines is 1. The lowest BCUT2D eigenvalue weighted by Gasteiger charge is -2.17. The fourth-order valence-corrected chi connectivity index (χ4v) is 3.47. The van der Waals surface area contributed by atoms with E-state index < -0.39 is 5.97 Å². The van der Waals surface area contributed by atoms with E-state index in [0.29, 0.717) is 30.1 Å². The minimum absolute atomic E-state index is 0.198. The minimum atomic E-state index is -0.404. The molecule has 1 aliphatic heterocycles. The van der Waals surface area contributed by atoms with Crippen molar-refractivity contribution in [3.63, 3.8) is 0 Å². The second-order valence-electron chi connectivity index (χ2n) is 7.34. The first-order chi connectivity index (χ1) is 14.1. The first-order valence-corrected chi connectivity index (χ1v) is 10.1. The summed E-state index contributed by atoms with van der Waals surface area (Å²) in [7, 11) is 0. The van der Waals surface area contributed by atoms with Crippen molar-refractivity contribution in [3.8, 4) is 0 Å². The van der Waals surface area contributed by atoms with Crippen molar-refractivity contribution in [2.45, 2.75) is 51.6 Å². The number of fused-ring (bicyclic) bond motifs is 1. The highest BCUT2D eigenvalue weighted by Crippen LogP contribution is 2.24. The largest absolute Gasteiger partial charge is 0.462 e. The number of carbonyl (C=O) groups excluding carboxylic acids is 3. The highest BCUT2D eigenvalue weighted by molar-refractivity contribution is 6.04. The molecule has 8 heteroatoms. The molecule has 2 heterocycles. The summed E-state index contributed by atoms with van der Waals surface area (Å²) < 4.78 is 6.81. The Morgan fingerprint density at radius 2 is 1.90 bits per heavy atom. The van der Waals surface area contributed by atoms with Gasteiger partial charge in [0.05, 0.1) is 17.9 Å². The number of ether oxygens (including phenoxy) is 1. The number of rotatable bonds is 6. The van der Waals surface area contributed by atoms with Crippen LogP contribution in [0.4, 0.5) is 5.69 Å². The molecule has 2 amide bonds. The number of hydrogen-bond acceptors (Lipinski definition) is 5. The summed E-state index contributed by atoms with van der Waals surface area (Å²) in [6, 6.07) is 6.72. The highest BCUT2D eigenvalue weighted by atomic mass is 16.5. The highest BCUT2D eigenvalue weighted by Gasteiger charge is 2.30. The van der Waals surface area contributed by atoms with Crippen LogP contribution in [0.1, 0.15) is 69.8 Å². The van der Waals surface area contributed by atoms with Gasteiger partial charge in [-0.3, -0.25) is 9.59 Å². The van der Waals surface area contributed by atoms with Crippen molar-refractivity contribution in [3.05, 3.63) is 47.0 Å². The Hall–Kier alpha value is -3.16. The first-order valence-electron chi connectivity index (χ1n) is 10.1. The van der Waals surface area contributed by atoms with Crippen LogP contribution in [-0.4, -0.2) is 40.0 Å². The number of nitrogens with zero attached hydrogens (tertiary/aromatic N) is 2. The van der Waals surface area contributed by atoms with Crippen LogP contribution in [0, 0.1) is 0 Å². The van der Waals surface area contributed by atoms with Crippen LogP contribution >= 0.6 is 0 Å². The standard InChI is InChI=1S/C21H24N4O4/c1-2-29-21(28)13-6-8-14(9-7-13)23-20(27)18-24-17(19(26)22-15-10-11-15)16-5-3-4-12-25(16)18/h6-9,15H,2-5,10-12H2,1H3,(H,22,26)(H,23,27). The summed E-state index contributed by atoms with van der Waals surface area (Å²) in [5.74, 6) is -0.729. The van der Waals surface area contributed by atoms with Gasteiger partial charge in [-0.15, -0.1) is 0 Å². The van der Waals surface area contributed by atoms with Gasteiger partial charge in [-0.2, -0.15) is 0 Å². The van der Waals surface area contributed by atoms with Crippen LogP contribution in [0.15, 0.2) is 24.3 Å². The van der Waals surface area contributed by atoms with Crippen molar-refractivity contribution in [2.75, 3.05) is 11.9 Å². The van der Waals surface area contributed by atoms with E-state index >= 15 is 0 Å². The van der Waals surface area contributed by atoms with Gasteiger partial charge in [0.15, 0.2) is 5.82 Å². The molecule has 0 saturated heterocycles. The van der Waals surface area contributed by atoms with E-state index in [1.165, 1.54) is 0 Å². The van der Waals surface area contributed by atoms with E-state index in [0.717, 1.165) is 37.8 Å². The van der Waals surface area contributed by atoms with Crippen LogP contribution in [0.25, 0.3) is 0 Å². The molecular weight excluding hydrogens is 372 g/mol. The van der Waals surface area contributed by atoms with Gasteiger partial charge in [0, 0.05) is 18.3 Å². The molecular formula is C21H24N4O4. The molecule has 0 unspecified atom stereocenters. The number of amides is 2. The van der Waals surface area contributed by atoms with Crippen molar-refractivity contribution >= 4 is 23.5 Å². The Kier molecular flexibility index (Phi) is 5.33. The van der Waals surface area contributed by atoms with Crippen molar-refractivity contribution < 1.29 is 19.1 Å². The third-order valence-electron chi connectivity index (χ3n) is 5.10. The van der Waals surface area contributed by atoms with Crippen LogP contribution in [0.3, 0.4) is 0 Å². The van der Waals surface area contributed by atoms with E-state index in [2.05, 4.69) is 15.6 Å². The number of carbonyl (C=O) groups is 3. The second kappa shape index (κ2) is 8.06. The quantitative estimate of drug-likeness (QED) is 0.731. The number of imidazole rings is 1. The number of benzene rings is 1. The fraction of sp³-hybridized carbons (Fsp3) is 0.429. The van der Waals surface area contributed by atoms with Crippen LogP contribution in [0.5, 0.6) is 0 Å². The molecule has 1 saturated carbocycles. The lowest BCUT2D eigenvalue weighted by molar-refractivity contribution is 0.0526. The third kappa shape index (κ3) is 4.16. The molecule has 2 aliphatic rings. The van der Waals surface area contributed by atoms with Crippen LogP contribution in [0.2, 0.25) is 0 Å². The normalized spacial score (nSPS) is 15.3. The van der Waals surface area contributed by atoms with Crippen LogP contribution < -0.4 is 10.6 Å². The van der Waals surface area contributed by atoms with Gasteiger partial charge in [0.25, 0.3) is 11.8 Å². The Labute approximate surface area is 168 Å². The molecule has 152 valence electrons. The molecule has 1 aromatic heterocycles. The van der Waals surface area contributed by atoms with E-state index in [-0.39, 0.29) is 23.7 Å². The summed E-state index contributed by atoms with van der Waals surface area (Å²) in [5, 5.41) is 5.76. The maximum absolute atomic E-state index is 12.9. The van der Waals surface area contributed by atoms with E-state index in [4.69, 9.17) is 4.74 Å². The molecule has 2 aromatic rings. The monoisotopic (exact) mass is 396 g/mol. The summed E-state index contributed by atoms with van der Waals surface area (Å²) in [6.07, 6.45) is 4.66. The minimum Gasteiger partial charge on any atom is -0.462 e. The zero-order valence-electron chi connectivity index (χ0n) is 16.4. The first kappa shape index (κ1) is 19.2. The summed E-state index contributed by atoms with van der Waals surface area (Å²) >= 11 is 0. The lowest BCUT2D eigenvalue weighted by atomic mass is 10.1. The third-order valence-corrected chi connectivity index (χ3v) is 5.10. The van der Waals surface area contributed by atoms with Gasteiger partial charge in [-0.25, -0.2) is 9.78 Å². The second-order valence-corrected chi connectivity index (χ2v) is 7.34. The van der Waals surface area contributed by atoms with E-state index in [9.17, 15) is 14.4 Å². The van der Waals surface area contributed by atoms with Crippen LogP contribution in [-0.2, 0) is 17.7 Å². The molecule has 0 bridgehead atoms. The average molecular weight is 396 g/mol. The lowest BCUT2D eigenvalue weighted by Crippen LogP contribution is -2.27. The predicted molar refractivity (Wildman–Crippen MR) is 106 cm³/mol. The summed E-state index contributed by atoms with van der Waals surface area (Å²) in [5.41, 5.74) is 2.15. The Morgan fingerprint density at radius 1 is 1.14 bits per heavy atom. The summed E-state index contributed by atoms with van der Waals surface area (Å²) in [4.78, 5) is 41.6. The van der Waals surface area contributed by atoms with E-state index in [1.807, 2.05) is 4.57 Å². The number of nitrogens with one attached hydrogen (secondary N) is 2. The van der Waals surface area contributed by atoms with Gasteiger partial charge in [-0.1, -0.05) is 0 Å². The topological polar surface area (TPSA) is 102 Å². The molecule has 29 heavy (non-hydrogen) atoms. The molecule has 8 nitrogen and oxygen atoms in total. The number of esters is 1. The predicted octanol–water partition coefficient (Wildman–Crippen LogP) is 2.54. The molecule has 0 atom stereocenters. The van der Waals surface area contributed by atoms with Crippen molar-refractivity contribution in [1.82, 2.24) is 14.9 Å². The molecule has 1 fully saturated rings. The zero-order valence-corrected chi connectivity index (χ0v) is 16.4. The van der Waals surface area contributed by atoms with Gasteiger partial charge >= 0.3 is 5.97 Å². The van der Waals surface area contributed by atoms with Gasteiger partial charge < -0.3 is 19.9 Å². The van der Waals surface area contributed by atoms with Gasteiger partial charge in [-0.05, 0) is 63.3 Å². The maximum Gasteiger partial charge on any atom is 0.338 e. The Bertz CT molecular complexity index is 944. The SMILES string of the molecule is CCOC(=O)c1ccc(NC(=O)c2nc(C(=O)NC3CC3)c3n2CCCC3)cc1. The molecule has 4 rings (SSSR count).